The molecule has 2 atom stereocenters. The molecular weight excluding hydrogens is 224 g/mol. The molecule has 0 aliphatic heterocycles. The fourth-order valence-corrected chi connectivity index (χ4v) is 2.59. The second-order valence-electron chi connectivity index (χ2n) is 5.38. The van der Waals surface area contributed by atoms with Crippen LogP contribution in [0.3, 0.4) is 0 Å². The maximum Gasteiger partial charge on any atom is 0.224 e. The van der Waals surface area contributed by atoms with Crippen LogP contribution in [0.2, 0.25) is 0 Å². The van der Waals surface area contributed by atoms with Gasteiger partial charge >= 0.3 is 0 Å². The first-order valence-corrected chi connectivity index (χ1v) is 6.67. The molecule has 98 valence electrons. The van der Waals surface area contributed by atoms with E-state index >= 15 is 0 Å². The molecule has 0 radical (unpaired) electrons. The van der Waals surface area contributed by atoms with Crippen LogP contribution >= 0.6 is 0 Å². The van der Waals surface area contributed by atoms with Crippen molar-refractivity contribution < 1.29 is 4.79 Å². The van der Waals surface area contributed by atoms with Gasteiger partial charge in [-0.25, -0.2) is 0 Å². The molecule has 0 bridgehead atoms. The molecule has 0 heterocycles. The van der Waals surface area contributed by atoms with Crippen molar-refractivity contribution in [2.45, 2.75) is 51.6 Å². The Kier molecular flexibility index (Phi) is 4.02. The Hall–Kier alpha value is -1.35. The summed E-state index contributed by atoms with van der Waals surface area (Å²) < 4.78 is 0. The third-order valence-electron chi connectivity index (χ3n) is 3.77. The Labute approximate surface area is 109 Å². The summed E-state index contributed by atoms with van der Waals surface area (Å²) in [7, 11) is 0. The normalized spacial score (nSPS) is 23.1. The van der Waals surface area contributed by atoms with Gasteiger partial charge in [0.25, 0.3) is 0 Å². The lowest BCUT2D eigenvalue weighted by Gasteiger charge is -2.17. The largest absolute Gasteiger partial charge is 0.352 e. The smallest absolute Gasteiger partial charge is 0.224 e. The fourth-order valence-electron chi connectivity index (χ4n) is 2.59. The zero-order chi connectivity index (χ0) is 13.1. The van der Waals surface area contributed by atoms with Gasteiger partial charge in [0.15, 0.2) is 0 Å². The molecule has 3 N–H and O–H groups in total. The van der Waals surface area contributed by atoms with Crippen LogP contribution in [-0.4, -0.2) is 18.0 Å². The number of aryl methyl sites for hydroxylation is 2. The van der Waals surface area contributed by atoms with Crippen LogP contribution < -0.4 is 11.1 Å². The number of carbonyl (C=O) groups is 1. The summed E-state index contributed by atoms with van der Waals surface area (Å²) in [5.41, 5.74) is 9.44. The van der Waals surface area contributed by atoms with Crippen molar-refractivity contribution in [1.82, 2.24) is 5.32 Å². The third kappa shape index (κ3) is 3.10. The molecule has 1 fully saturated rings. The van der Waals surface area contributed by atoms with Crippen molar-refractivity contribution in [2.24, 2.45) is 5.73 Å². The summed E-state index contributed by atoms with van der Waals surface area (Å²) in [6.45, 7) is 4.09. The monoisotopic (exact) mass is 246 g/mol. The number of nitrogens with one attached hydrogen (secondary N) is 1. The summed E-state index contributed by atoms with van der Waals surface area (Å²) in [4.78, 5) is 12.0. The molecular formula is C15H22N2O. The Morgan fingerprint density at radius 3 is 2.83 bits per heavy atom. The average molecular weight is 246 g/mol. The van der Waals surface area contributed by atoms with Gasteiger partial charge in [-0.1, -0.05) is 23.8 Å². The van der Waals surface area contributed by atoms with E-state index in [1.165, 1.54) is 11.1 Å². The molecule has 1 aliphatic carbocycles. The topological polar surface area (TPSA) is 55.1 Å². The first-order chi connectivity index (χ1) is 8.56. The van der Waals surface area contributed by atoms with E-state index in [1.54, 1.807) is 0 Å². The number of benzene rings is 1. The summed E-state index contributed by atoms with van der Waals surface area (Å²) >= 11 is 0. The van der Waals surface area contributed by atoms with Gasteiger partial charge in [0.05, 0.1) is 6.42 Å². The SMILES string of the molecule is Cc1ccc(C)c(CC(=O)NC2CCCC2N)c1. The van der Waals surface area contributed by atoms with Crippen molar-refractivity contribution in [1.29, 1.82) is 0 Å². The molecule has 0 saturated heterocycles. The van der Waals surface area contributed by atoms with E-state index in [0.29, 0.717) is 6.42 Å². The Balaban J connectivity index is 1.96. The molecule has 1 amide bonds. The van der Waals surface area contributed by atoms with E-state index in [4.69, 9.17) is 5.73 Å². The quantitative estimate of drug-likeness (QED) is 0.855. The maximum atomic E-state index is 12.0. The minimum absolute atomic E-state index is 0.0889. The lowest BCUT2D eigenvalue weighted by atomic mass is 10.0. The zero-order valence-electron chi connectivity index (χ0n) is 11.2. The molecule has 1 aromatic carbocycles. The number of hydrogen-bond donors (Lipinski definition) is 2. The predicted octanol–water partition coefficient (Wildman–Crippen LogP) is 1.84. The Bertz CT molecular complexity index is 442. The summed E-state index contributed by atoms with van der Waals surface area (Å²) in [5.74, 6) is 0.0889. The van der Waals surface area contributed by atoms with Gasteiger partial charge in [-0.05, 0) is 44.2 Å². The molecule has 1 saturated carbocycles. The molecule has 2 unspecified atom stereocenters. The average Bonchev–Trinajstić information content (AvgIpc) is 2.70. The molecule has 3 heteroatoms. The van der Waals surface area contributed by atoms with Crippen LogP contribution in [0.15, 0.2) is 18.2 Å². The molecule has 0 aromatic heterocycles. The van der Waals surface area contributed by atoms with E-state index in [9.17, 15) is 4.79 Å². The molecule has 0 spiro atoms. The lowest BCUT2D eigenvalue weighted by molar-refractivity contribution is -0.121. The van der Waals surface area contributed by atoms with Crippen LogP contribution in [-0.2, 0) is 11.2 Å². The highest BCUT2D eigenvalue weighted by Gasteiger charge is 2.25. The molecule has 1 aromatic rings. The van der Waals surface area contributed by atoms with Gasteiger partial charge in [0, 0.05) is 12.1 Å². The van der Waals surface area contributed by atoms with E-state index < -0.39 is 0 Å². The Morgan fingerprint density at radius 1 is 1.39 bits per heavy atom. The number of hydrogen-bond acceptors (Lipinski definition) is 2. The summed E-state index contributed by atoms with van der Waals surface area (Å²) in [6.07, 6.45) is 3.61. The van der Waals surface area contributed by atoms with Crippen molar-refractivity contribution in [2.75, 3.05) is 0 Å². The van der Waals surface area contributed by atoms with Crippen molar-refractivity contribution >= 4 is 5.91 Å². The highest BCUT2D eigenvalue weighted by Crippen LogP contribution is 2.17. The van der Waals surface area contributed by atoms with E-state index in [2.05, 4.69) is 23.5 Å². The van der Waals surface area contributed by atoms with E-state index in [1.807, 2.05) is 13.8 Å². The number of carbonyl (C=O) groups excluding carboxylic acids is 1. The van der Waals surface area contributed by atoms with Gasteiger partial charge in [-0.15, -0.1) is 0 Å². The summed E-state index contributed by atoms with van der Waals surface area (Å²) in [5, 5.41) is 3.06. The fraction of sp³-hybridized carbons (Fsp3) is 0.533. The minimum Gasteiger partial charge on any atom is -0.352 e. The lowest BCUT2D eigenvalue weighted by Crippen LogP contribution is -2.44. The van der Waals surface area contributed by atoms with Crippen LogP contribution in [0, 0.1) is 13.8 Å². The predicted molar refractivity (Wildman–Crippen MR) is 73.4 cm³/mol. The molecule has 1 aliphatic rings. The van der Waals surface area contributed by atoms with Gasteiger partial charge in [0.1, 0.15) is 0 Å². The zero-order valence-corrected chi connectivity index (χ0v) is 11.2. The van der Waals surface area contributed by atoms with Gasteiger partial charge < -0.3 is 11.1 Å². The molecule has 3 nitrogen and oxygen atoms in total. The van der Waals surface area contributed by atoms with E-state index in [-0.39, 0.29) is 18.0 Å². The van der Waals surface area contributed by atoms with Crippen LogP contribution in [0.4, 0.5) is 0 Å². The second-order valence-corrected chi connectivity index (χ2v) is 5.38. The van der Waals surface area contributed by atoms with Crippen molar-refractivity contribution in [3.63, 3.8) is 0 Å². The van der Waals surface area contributed by atoms with Gasteiger partial charge in [-0.2, -0.15) is 0 Å². The maximum absolute atomic E-state index is 12.0. The van der Waals surface area contributed by atoms with Crippen LogP contribution in [0.25, 0.3) is 0 Å². The number of nitrogens with two attached hydrogens (primary N) is 1. The number of rotatable bonds is 3. The Morgan fingerprint density at radius 2 is 2.17 bits per heavy atom. The van der Waals surface area contributed by atoms with Crippen molar-refractivity contribution in [3.8, 4) is 0 Å². The van der Waals surface area contributed by atoms with Crippen molar-refractivity contribution in [3.05, 3.63) is 34.9 Å². The highest BCUT2D eigenvalue weighted by molar-refractivity contribution is 5.79. The first-order valence-electron chi connectivity index (χ1n) is 6.67. The van der Waals surface area contributed by atoms with Gasteiger partial charge in [-0.3, -0.25) is 4.79 Å². The molecule has 18 heavy (non-hydrogen) atoms. The first kappa shape index (κ1) is 13.1. The third-order valence-corrected chi connectivity index (χ3v) is 3.77. The highest BCUT2D eigenvalue weighted by atomic mass is 16.1. The minimum atomic E-state index is 0.0889. The summed E-state index contributed by atoms with van der Waals surface area (Å²) in [6, 6.07) is 6.53. The van der Waals surface area contributed by atoms with E-state index in [0.717, 1.165) is 24.8 Å². The van der Waals surface area contributed by atoms with Gasteiger partial charge in [0.2, 0.25) is 5.91 Å². The number of amides is 1. The second kappa shape index (κ2) is 5.53. The van der Waals surface area contributed by atoms with Crippen LogP contribution in [0.5, 0.6) is 0 Å². The molecule has 2 rings (SSSR count). The van der Waals surface area contributed by atoms with Crippen LogP contribution in [0.1, 0.15) is 36.0 Å². The standard InChI is InChI=1S/C15H22N2O/c1-10-6-7-11(2)12(8-10)9-15(18)17-14-5-3-4-13(14)16/h6-8,13-14H,3-5,9,16H2,1-2H3,(H,17,18).